The van der Waals surface area contributed by atoms with Crippen molar-refractivity contribution >= 4 is 33.8 Å². The highest BCUT2D eigenvalue weighted by molar-refractivity contribution is 7.91. The van der Waals surface area contributed by atoms with Crippen molar-refractivity contribution in [1.82, 2.24) is 10.0 Å². The number of hydrogen-bond acceptors (Lipinski definition) is 4. The Labute approximate surface area is 112 Å². The normalized spacial score (nSPS) is 17.7. The van der Waals surface area contributed by atoms with Gasteiger partial charge in [-0.3, -0.25) is 0 Å². The second-order valence-electron chi connectivity index (χ2n) is 4.01. The molecular weight excluding hydrogens is 280 g/mol. The Morgan fingerprint density at radius 2 is 2.00 bits per heavy atom. The van der Waals surface area contributed by atoms with Crippen LogP contribution in [-0.4, -0.2) is 27.5 Å². The van der Waals surface area contributed by atoms with Gasteiger partial charge in [0.05, 0.1) is 0 Å². The van der Waals surface area contributed by atoms with Gasteiger partial charge in [0.15, 0.2) is 0 Å². The number of rotatable bonds is 3. The predicted octanol–water partition coefficient (Wildman–Crippen LogP) is 1.51. The highest BCUT2D eigenvalue weighted by atomic mass is 35.5. The van der Waals surface area contributed by atoms with Gasteiger partial charge in [0.25, 0.3) is 0 Å². The molecule has 17 heavy (non-hydrogen) atoms. The first-order chi connectivity index (χ1) is 7.58. The van der Waals surface area contributed by atoms with E-state index in [1.807, 2.05) is 13.0 Å². The minimum Gasteiger partial charge on any atom is -0.317 e. The van der Waals surface area contributed by atoms with E-state index in [0.29, 0.717) is 4.21 Å². The van der Waals surface area contributed by atoms with Crippen LogP contribution in [0.2, 0.25) is 0 Å². The summed E-state index contributed by atoms with van der Waals surface area (Å²) in [7, 11) is -3.30. The van der Waals surface area contributed by atoms with Gasteiger partial charge in [-0.25, -0.2) is 13.1 Å². The summed E-state index contributed by atoms with van der Waals surface area (Å²) in [6.45, 7) is 3.68. The minimum atomic E-state index is -3.30. The summed E-state index contributed by atoms with van der Waals surface area (Å²) in [5, 5.41) is 3.21. The van der Waals surface area contributed by atoms with E-state index in [9.17, 15) is 8.42 Å². The first-order valence-corrected chi connectivity index (χ1v) is 7.67. The van der Waals surface area contributed by atoms with Crippen molar-refractivity contribution in [2.24, 2.45) is 0 Å². The number of aryl methyl sites for hydroxylation is 1. The van der Waals surface area contributed by atoms with Crippen LogP contribution in [0.15, 0.2) is 16.3 Å². The van der Waals surface area contributed by atoms with Gasteiger partial charge in [-0.1, -0.05) is 0 Å². The van der Waals surface area contributed by atoms with Crippen LogP contribution in [0.5, 0.6) is 0 Å². The molecule has 0 amide bonds. The average molecular weight is 297 g/mol. The molecule has 0 aromatic carbocycles. The molecule has 2 heterocycles. The molecule has 2 rings (SSSR count). The largest absolute Gasteiger partial charge is 0.317 e. The molecule has 0 saturated carbocycles. The lowest BCUT2D eigenvalue weighted by Crippen LogP contribution is -2.42. The third kappa shape index (κ3) is 3.93. The third-order valence-electron chi connectivity index (χ3n) is 2.64. The molecule has 1 aromatic rings. The molecule has 0 unspecified atom stereocenters. The first-order valence-electron chi connectivity index (χ1n) is 5.37. The Bertz CT molecular complexity index is 453. The quantitative estimate of drug-likeness (QED) is 0.889. The molecule has 1 aliphatic rings. The summed E-state index contributed by atoms with van der Waals surface area (Å²) < 4.78 is 27.2. The summed E-state index contributed by atoms with van der Waals surface area (Å²) in [5.74, 6) is 0. The molecular formula is C10H17ClN2O2S2. The van der Waals surface area contributed by atoms with Crippen molar-refractivity contribution in [2.75, 3.05) is 13.1 Å². The fourth-order valence-corrected chi connectivity index (χ4v) is 4.38. The van der Waals surface area contributed by atoms with E-state index in [4.69, 9.17) is 0 Å². The molecule has 1 aliphatic heterocycles. The maximum atomic E-state index is 12.0. The highest BCUT2D eigenvalue weighted by Gasteiger charge is 2.22. The van der Waals surface area contributed by atoms with Crippen molar-refractivity contribution in [3.8, 4) is 0 Å². The van der Waals surface area contributed by atoms with Crippen molar-refractivity contribution < 1.29 is 8.42 Å². The average Bonchev–Trinajstić information content (AvgIpc) is 2.66. The van der Waals surface area contributed by atoms with Gasteiger partial charge in [0.1, 0.15) is 4.21 Å². The van der Waals surface area contributed by atoms with Gasteiger partial charge in [-0.05, 0) is 45.0 Å². The van der Waals surface area contributed by atoms with E-state index in [0.717, 1.165) is 30.8 Å². The van der Waals surface area contributed by atoms with Crippen LogP contribution >= 0.6 is 23.7 Å². The second kappa shape index (κ2) is 6.15. The summed E-state index contributed by atoms with van der Waals surface area (Å²) in [4.78, 5) is 1.02. The fraction of sp³-hybridized carbons (Fsp3) is 0.600. The number of sulfonamides is 1. The Kier molecular flexibility index (Phi) is 5.40. The predicted molar refractivity (Wildman–Crippen MR) is 72.5 cm³/mol. The van der Waals surface area contributed by atoms with Gasteiger partial charge in [-0.2, -0.15) is 0 Å². The molecule has 2 N–H and O–H groups in total. The van der Waals surface area contributed by atoms with Gasteiger partial charge in [0.2, 0.25) is 10.0 Å². The summed E-state index contributed by atoms with van der Waals surface area (Å²) in [6.07, 6.45) is 1.73. The number of halogens is 1. The van der Waals surface area contributed by atoms with Crippen LogP contribution in [0.1, 0.15) is 17.7 Å². The van der Waals surface area contributed by atoms with E-state index >= 15 is 0 Å². The molecule has 7 heteroatoms. The van der Waals surface area contributed by atoms with Crippen LogP contribution in [0.25, 0.3) is 0 Å². The zero-order valence-electron chi connectivity index (χ0n) is 9.60. The molecule has 1 saturated heterocycles. The molecule has 0 atom stereocenters. The van der Waals surface area contributed by atoms with Crippen LogP contribution in [0.4, 0.5) is 0 Å². The van der Waals surface area contributed by atoms with Crippen LogP contribution in [0, 0.1) is 6.92 Å². The van der Waals surface area contributed by atoms with Gasteiger partial charge >= 0.3 is 0 Å². The van der Waals surface area contributed by atoms with Crippen molar-refractivity contribution in [1.29, 1.82) is 0 Å². The van der Waals surface area contributed by atoms with Crippen LogP contribution in [-0.2, 0) is 10.0 Å². The van der Waals surface area contributed by atoms with Gasteiger partial charge < -0.3 is 5.32 Å². The zero-order valence-corrected chi connectivity index (χ0v) is 12.1. The molecule has 1 fully saturated rings. The zero-order chi connectivity index (χ0) is 11.6. The van der Waals surface area contributed by atoms with E-state index in [2.05, 4.69) is 10.0 Å². The first kappa shape index (κ1) is 14.9. The smallest absolute Gasteiger partial charge is 0.250 e. The lowest BCUT2D eigenvalue weighted by Gasteiger charge is -2.23. The number of hydrogen-bond donors (Lipinski definition) is 2. The topological polar surface area (TPSA) is 58.2 Å². The van der Waals surface area contributed by atoms with Gasteiger partial charge in [0, 0.05) is 10.9 Å². The Balaban J connectivity index is 0.00000144. The monoisotopic (exact) mass is 296 g/mol. The number of thiophene rings is 1. The van der Waals surface area contributed by atoms with Gasteiger partial charge in [-0.15, -0.1) is 23.7 Å². The highest BCUT2D eigenvalue weighted by Crippen LogP contribution is 2.21. The Morgan fingerprint density at radius 3 is 2.53 bits per heavy atom. The minimum absolute atomic E-state index is 0. The van der Waals surface area contributed by atoms with E-state index in [-0.39, 0.29) is 18.4 Å². The van der Waals surface area contributed by atoms with E-state index < -0.39 is 10.0 Å². The van der Waals surface area contributed by atoms with E-state index in [1.165, 1.54) is 11.3 Å². The molecule has 98 valence electrons. The summed E-state index contributed by atoms with van der Waals surface area (Å²) >= 11 is 1.32. The van der Waals surface area contributed by atoms with Crippen molar-refractivity contribution in [3.63, 3.8) is 0 Å². The SMILES string of the molecule is Cc1ccc(S(=O)(=O)NC2CCNCC2)s1.Cl. The van der Waals surface area contributed by atoms with Crippen LogP contribution < -0.4 is 10.0 Å². The maximum Gasteiger partial charge on any atom is 0.250 e. The Morgan fingerprint density at radius 1 is 1.35 bits per heavy atom. The lowest BCUT2D eigenvalue weighted by molar-refractivity contribution is 0.427. The second-order valence-corrected chi connectivity index (χ2v) is 7.24. The molecule has 4 nitrogen and oxygen atoms in total. The van der Waals surface area contributed by atoms with Crippen LogP contribution in [0.3, 0.4) is 0 Å². The Hall–Kier alpha value is -0.140. The molecule has 0 aliphatic carbocycles. The molecule has 0 spiro atoms. The maximum absolute atomic E-state index is 12.0. The van der Waals surface area contributed by atoms with E-state index in [1.54, 1.807) is 6.07 Å². The summed E-state index contributed by atoms with van der Waals surface area (Å²) in [5.41, 5.74) is 0. The number of piperidine rings is 1. The lowest BCUT2D eigenvalue weighted by atomic mass is 10.1. The molecule has 1 aromatic heterocycles. The standard InChI is InChI=1S/C10H16N2O2S2.ClH/c1-8-2-3-10(15-8)16(13,14)12-9-4-6-11-7-5-9;/h2-3,9,11-12H,4-7H2,1H3;1H. The number of nitrogens with one attached hydrogen (secondary N) is 2. The molecule has 0 bridgehead atoms. The fourth-order valence-electron chi connectivity index (χ4n) is 1.77. The van der Waals surface area contributed by atoms with Crippen molar-refractivity contribution in [2.45, 2.75) is 30.0 Å². The molecule has 0 radical (unpaired) electrons. The third-order valence-corrected chi connectivity index (χ3v) is 5.65. The van der Waals surface area contributed by atoms with Crippen molar-refractivity contribution in [3.05, 3.63) is 17.0 Å². The summed E-state index contributed by atoms with van der Waals surface area (Å²) in [6, 6.07) is 3.58.